The lowest BCUT2D eigenvalue weighted by molar-refractivity contribution is -0.149. The van der Waals surface area contributed by atoms with E-state index in [1.807, 2.05) is 32.0 Å². The molecular weight excluding hydrogens is 438 g/mol. The van der Waals surface area contributed by atoms with E-state index < -0.39 is 21.4 Å². The standard InChI is InChI=1S/C26H31NO5S/c1-3-13-26(14-4-2)24(28)23(25(29)32-26)22(19-11-12-19)20-9-7-8-18(16-20)17-33(30,31)21-10-5-6-15-27-21/h5-10,15-16,19,22,28H,3-4,11-14,17H2,1-2H3. The van der Waals surface area contributed by atoms with E-state index in [1.165, 1.54) is 12.3 Å². The Hall–Kier alpha value is -2.67. The maximum absolute atomic E-state index is 13.1. The number of sulfone groups is 1. The van der Waals surface area contributed by atoms with Gasteiger partial charge in [0.05, 0.1) is 11.3 Å². The van der Waals surface area contributed by atoms with Crippen molar-refractivity contribution in [2.24, 2.45) is 5.92 Å². The van der Waals surface area contributed by atoms with Gasteiger partial charge in [-0.25, -0.2) is 18.2 Å². The van der Waals surface area contributed by atoms with E-state index in [-0.39, 0.29) is 28.4 Å². The minimum absolute atomic E-state index is 0.0396. The second-order valence-corrected chi connectivity index (χ2v) is 11.1. The smallest absolute Gasteiger partial charge is 0.339 e. The van der Waals surface area contributed by atoms with Crippen molar-refractivity contribution in [2.75, 3.05) is 0 Å². The van der Waals surface area contributed by atoms with Crippen LogP contribution in [-0.4, -0.2) is 30.1 Å². The third-order valence-electron chi connectivity index (χ3n) is 6.53. The van der Waals surface area contributed by atoms with Gasteiger partial charge in [0.2, 0.25) is 0 Å². The van der Waals surface area contributed by atoms with E-state index in [0.29, 0.717) is 24.0 Å². The van der Waals surface area contributed by atoms with Crippen LogP contribution in [0.2, 0.25) is 0 Å². The van der Waals surface area contributed by atoms with Gasteiger partial charge in [0.15, 0.2) is 20.5 Å². The summed E-state index contributed by atoms with van der Waals surface area (Å²) in [6.07, 6.45) is 6.13. The summed E-state index contributed by atoms with van der Waals surface area (Å²) < 4.78 is 31.5. The molecule has 0 bridgehead atoms. The molecule has 2 heterocycles. The number of aromatic nitrogens is 1. The predicted molar refractivity (Wildman–Crippen MR) is 125 cm³/mol. The van der Waals surface area contributed by atoms with Crippen LogP contribution in [0.5, 0.6) is 0 Å². The average molecular weight is 470 g/mol. The molecule has 1 unspecified atom stereocenters. The number of cyclic esters (lactones) is 1. The number of hydrogen-bond donors (Lipinski definition) is 1. The molecule has 1 saturated carbocycles. The summed E-state index contributed by atoms with van der Waals surface area (Å²) in [6, 6.07) is 12.2. The number of carbonyl (C=O) groups is 1. The Morgan fingerprint density at radius 2 is 1.85 bits per heavy atom. The quantitative estimate of drug-likeness (QED) is 0.477. The Morgan fingerprint density at radius 3 is 2.45 bits per heavy atom. The van der Waals surface area contributed by atoms with Gasteiger partial charge in [-0.1, -0.05) is 57.0 Å². The number of benzene rings is 1. The lowest BCUT2D eigenvalue weighted by Gasteiger charge is -2.27. The van der Waals surface area contributed by atoms with Crippen LogP contribution in [-0.2, 0) is 25.1 Å². The monoisotopic (exact) mass is 469 g/mol. The van der Waals surface area contributed by atoms with Gasteiger partial charge in [-0.15, -0.1) is 0 Å². The molecule has 4 rings (SSSR count). The maximum atomic E-state index is 13.1. The van der Waals surface area contributed by atoms with Crippen LogP contribution in [0.4, 0.5) is 0 Å². The molecule has 1 N–H and O–H groups in total. The van der Waals surface area contributed by atoms with Gasteiger partial charge >= 0.3 is 5.97 Å². The van der Waals surface area contributed by atoms with Gasteiger partial charge in [0, 0.05) is 12.1 Å². The molecule has 1 aliphatic heterocycles. The summed E-state index contributed by atoms with van der Waals surface area (Å²) in [6.45, 7) is 4.03. The van der Waals surface area contributed by atoms with Gasteiger partial charge < -0.3 is 9.84 Å². The van der Waals surface area contributed by atoms with Crippen LogP contribution in [0.25, 0.3) is 0 Å². The normalized spacial score (nSPS) is 18.9. The molecular formula is C26H31NO5S. The van der Waals surface area contributed by atoms with Crippen LogP contribution in [0.3, 0.4) is 0 Å². The number of aliphatic hydroxyl groups is 1. The molecule has 6 nitrogen and oxygen atoms in total. The molecule has 1 aromatic heterocycles. The van der Waals surface area contributed by atoms with Crippen LogP contribution >= 0.6 is 0 Å². The second-order valence-electron chi connectivity index (χ2n) is 9.13. The van der Waals surface area contributed by atoms with Gasteiger partial charge in [0.1, 0.15) is 5.76 Å². The number of ether oxygens (including phenoxy) is 1. The van der Waals surface area contributed by atoms with E-state index in [1.54, 1.807) is 18.2 Å². The van der Waals surface area contributed by atoms with Crippen molar-refractivity contribution in [2.45, 2.75) is 74.7 Å². The fourth-order valence-corrected chi connectivity index (χ4v) is 6.25. The highest BCUT2D eigenvalue weighted by Crippen LogP contribution is 2.52. The summed E-state index contributed by atoms with van der Waals surface area (Å²) in [7, 11) is -3.60. The summed E-state index contributed by atoms with van der Waals surface area (Å²) >= 11 is 0. The lowest BCUT2D eigenvalue weighted by Crippen LogP contribution is -2.31. The first-order chi connectivity index (χ1) is 15.8. The van der Waals surface area contributed by atoms with Crippen molar-refractivity contribution in [3.63, 3.8) is 0 Å². The highest BCUT2D eigenvalue weighted by atomic mass is 32.2. The number of carbonyl (C=O) groups excluding carboxylic acids is 1. The van der Waals surface area contributed by atoms with Gasteiger partial charge in [-0.05, 0) is 54.9 Å². The molecule has 33 heavy (non-hydrogen) atoms. The number of esters is 1. The minimum Gasteiger partial charge on any atom is -0.507 e. The Bertz CT molecular complexity index is 1150. The summed E-state index contributed by atoms with van der Waals surface area (Å²) in [4.78, 5) is 17.0. The van der Waals surface area contributed by atoms with E-state index in [2.05, 4.69) is 4.98 Å². The van der Waals surface area contributed by atoms with E-state index in [9.17, 15) is 18.3 Å². The van der Waals surface area contributed by atoms with E-state index >= 15 is 0 Å². The number of pyridine rings is 1. The topological polar surface area (TPSA) is 93.6 Å². The molecule has 1 atom stereocenters. The fourth-order valence-electron chi connectivity index (χ4n) is 4.97. The number of rotatable bonds is 10. The van der Waals surface area contributed by atoms with Crippen molar-refractivity contribution in [3.05, 3.63) is 71.1 Å². The number of hydrogen-bond acceptors (Lipinski definition) is 6. The van der Waals surface area contributed by atoms with Gasteiger partial charge in [-0.3, -0.25) is 0 Å². The minimum atomic E-state index is -3.60. The average Bonchev–Trinajstić information content (AvgIpc) is 3.59. The number of nitrogens with zero attached hydrogens (tertiary/aromatic N) is 1. The zero-order chi connectivity index (χ0) is 23.6. The van der Waals surface area contributed by atoms with Gasteiger partial charge in [-0.2, -0.15) is 0 Å². The largest absolute Gasteiger partial charge is 0.507 e. The third-order valence-corrected chi connectivity index (χ3v) is 8.12. The second kappa shape index (κ2) is 9.29. The molecule has 0 radical (unpaired) electrons. The third kappa shape index (κ3) is 4.69. The van der Waals surface area contributed by atoms with Crippen LogP contribution in [0, 0.1) is 5.92 Å². The molecule has 1 aliphatic carbocycles. The molecule has 1 fully saturated rings. The molecule has 1 aromatic carbocycles. The summed E-state index contributed by atoms with van der Waals surface area (Å²) in [5.41, 5.74) is 0.879. The number of aliphatic hydroxyl groups excluding tert-OH is 1. The van der Waals surface area contributed by atoms with Crippen LogP contribution in [0.1, 0.15) is 69.4 Å². The Kier molecular flexibility index (Phi) is 6.61. The molecule has 0 spiro atoms. The van der Waals surface area contributed by atoms with E-state index in [4.69, 9.17) is 4.74 Å². The molecule has 0 saturated heterocycles. The highest BCUT2D eigenvalue weighted by molar-refractivity contribution is 7.90. The SMILES string of the molecule is CCCC1(CCC)OC(=O)C(C(c2cccc(CS(=O)(=O)c3ccccn3)c2)C2CC2)=C1O. The van der Waals surface area contributed by atoms with Crippen molar-refractivity contribution in [1.29, 1.82) is 0 Å². The predicted octanol–water partition coefficient (Wildman–Crippen LogP) is 5.26. The van der Waals surface area contributed by atoms with Crippen LogP contribution < -0.4 is 0 Å². The Balaban J connectivity index is 1.70. The zero-order valence-electron chi connectivity index (χ0n) is 19.2. The first kappa shape index (κ1) is 23.5. The summed E-state index contributed by atoms with van der Waals surface area (Å²) in [5, 5.41) is 11.3. The maximum Gasteiger partial charge on any atom is 0.339 e. The van der Waals surface area contributed by atoms with Crippen molar-refractivity contribution in [3.8, 4) is 0 Å². The molecule has 176 valence electrons. The zero-order valence-corrected chi connectivity index (χ0v) is 20.0. The summed E-state index contributed by atoms with van der Waals surface area (Å²) in [5.74, 6) is -0.625. The van der Waals surface area contributed by atoms with E-state index in [0.717, 1.165) is 31.2 Å². The molecule has 2 aliphatic rings. The Labute approximate surface area is 195 Å². The van der Waals surface area contributed by atoms with Crippen molar-refractivity contribution < 1.29 is 23.1 Å². The highest BCUT2D eigenvalue weighted by Gasteiger charge is 2.51. The lowest BCUT2D eigenvalue weighted by atomic mass is 9.82. The molecule has 0 amide bonds. The first-order valence-electron chi connectivity index (χ1n) is 11.7. The first-order valence-corrected chi connectivity index (χ1v) is 13.4. The Morgan fingerprint density at radius 1 is 1.12 bits per heavy atom. The fraction of sp³-hybridized carbons (Fsp3) is 0.462. The van der Waals surface area contributed by atoms with Crippen molar-refractivity contribution >= 4 is 15.8 Å². The van der Waals surface area contributed by atoms with Gasteiger partial charge in [0.25, 0.3) is 0 Å². The molecule has 2 aromatic rings. The van der Waals surface area contributed by atoms with Crippen LogP contribution in [0.15, 0.2) is 65.0 Å². The molecule has 7 heteroatoms. The van der Waals surface area contributed by atoms with Crippen molar-refractivity contribution in [1.82, 2.24) is 4.98 Å².